The van der Waals surface area contributed by atoms with Gasteiger partial charge in [-0.25, -0.2) is 5.10 Å². The van der Waals surface area contributed by atoms with Gasteiger partial charge in [0.15, 0.2) is 0 Å². The zero-order valence-electron chi connectivity index (χ0n) is 23.2. The lowest BCUT2D eigenvalue weighted by atomic mass is 9.84. The van der Waals surface area contributed by atoms with Crippen LogP contribution in [0.4, 0.5) is 11.4 Å². The highest BCUT2D eigenvalue weighted by Crippen LogP contribution is 2.43. The van der Waals surface area contributed by atoms with Gasteiger partial charge in [-0.3, -0.25) is 14.4 Å². The van der Waals surface area contributed by atoms with Gasteiger partial charge in [-0.1, -0.05) is 23.7 Å². The highest BCUT2D eigenvalue weighted by atomic mass is 35.5. The number of rotatable bonds is 7. The van der Waals surface area contributed by atoms with Gasteiger partial charge in [-0.05, 0) is 95.0 Å². The molecule has 208 valence electrons. The Morgan fingerprint density at radius 1 is 1.15 bits per heavy atom. The van der Waals surface area contributed by atoms with Crippen molar-refractivity contribution in [1.82, 2.24) is 20.4 Å². The van der Waals surface area contributed by atoms with Crippen molar-refractivity contribution in [2.24, 2.45) is 5.41 Å². The Labute approximate surface area is 238 Å². The third-order valence-electron chi connectivity index (χ3n) is 7.40. The summed E-state index contributed by atoms with van der Waals surface area (Å²) in [5.74, 6) is -0.658. The number of nitrogens with zero attached hydrogens (tertiary/aromatic N) is 3. The molecule has 1 aliphatic rings. The van der Waals surface area contributed by atoms with Gasteiger partial charge in [0.2, 0.25) is 5.91 Å². The highest BCUT2D eigenvalue weighted by Gasteiger charge is 2.46. The lowest BCUT2D eigenvalue weighted by Crippen LogP contribution is -2.52. The molecule has 2 aromatic carbocycles. The van der Waals surface area contributed by atoms with Crippen LogP contribution in [0.2, 0.25) is 5.02 Å². The molecule has 1 fully saturated rings. The van der Waals surface area contributed by atoms with E-state index in [9.17, 15) is 19.6 Å². The first-order valence-electron chi connectivity index (χ1n) is 13.1. The number of nitriles is 1. The normalized spacial score (nSPS) is 17.7. The van der Waals surface area contributed by atoms with E-state index >= 15 is 0 Å². The molecule has 40 heavy (non-hydrogen) atoms. The summed E-state index contributed by atoms with van der Waals surface area (Å²) in [6.45, 7) is 8.92. The van der Waals surface area contributed by atoms with Gasteiger partial charge in [0.05, 0.1) is 29.3 Å². The van der Waals surface area contributed by atoms with Gasteiger partial charge in [0.25, 0.3) is 11.5 Å². The lowest BCUT2D eigenvalue weighted by molar-refractivity contribution is -0.137. The number of aromatic amines is 1. The summed E-state index contributed by atoms with van der Waals surface area (Å²) in [6, 6.07) is 15.0. The molecule has 10 heteroatoms. The number of likely N-dealkylation sites (tertiary alicyclic amines) is 1. The fraction of sp³-hybridized carbons (Fsp3) is 0.367. The number of benzene rings is 2. The van der Waals surface area contributed by atoms with Crippen LogP contribution in [0.25, 0.3) is 0 Å². The molecular formula is C30H33ClN6O3. The summed E-state index contributed by atoms with van der Waals surface area (Å²) in [5, 5.41) is 22.7. The van der Waals surface area contributed by atoms with E-state index in [1.165, 1.54) is 0 Å². The maximum absolute atomic E-state index is 13.9. The second-order valence-electron chi connectivity index (χ2n) is 10.8. The van der Waals surface area contributed by atoms with E-state index in [1.54, 1.807) is 49.1 Å². The molecule has 2 heterocycles. The van der Waals surface area contributed by atoms with Crippen LogP contribution < -0.4 is 16.2 Å². The van der Waals surface area contributed by atoms with Crippen molar-refractivity contribution < 1.29 is 9.59 Å². The first kappa shape index (κ1) is 28.8. The Hall–Kier alpha value is -4.16. The quantitative estimate of drug-likeness (QED) is 0.365. The topological polar surface area (TPSA) is 131 Å². The number of aryl methyl sites for hydroxylation is 2. The van der Waals surface area contributed by atoms with Crippen LogP contribution in [-0.4, -0.2) is 39.0 Å². The smallest absolute Gasteiger partial charge is 0.287 e. The maximum Gasteiger partial charge on any atom is 0.287 e. The zero-order chi connectivity index (χ0) is 29.2. The molecule has 2 amide bonds. The number of aromatic nitrogens is 2. The number of carbonyl (C=O) groups excluding carboxylic acids is 2. The number of H-pyrrole nitrogens is 1. The third-order valence-corrected chi connectivity index (χ3v) is 7.64. The minimum Gasteiger partial charge on any atom is -0.351 e. The first-order valence-corrected chi connectivity index (χ1v) is 13.5. The second-order valence-corrected chi connectivity index (χ2v) is 11.3. The predicted octanol–water partition coefficient (Wildman–Crippen LogP) is 5.18. The predicted molar refractivity (Wildman–Crippen MR) is 154 cm³/mol. The summed E-state index contributed by atoms with van der Waals surface area (Å²) >= 11 is 6.25. The van der Waals surface area contributed by atoms with Crippen LogP contribution in [0.3, 0.4) is 0 Å². The number of anilines is 2. The van der Waals surface area contributed by atoms with Crippen molar-refractivity contribution in [3.63, 3.8) is 0 Å². The fourth-order valence-electron chi connectivity index (χ4n) is 5.20. The standard InChI is InChI=1S/C30H33ClN6O3/c1-17-13-21(9-10-23(17)34-24-14-18(2)35-36-28(24)39)27(38)33-19(3)29(40)37-25(20-7-6-8-22(31)15-20)11-12-26(37)30(4,5)16-32/h6-10,13-15,19,25-26H,11-12H2,1-5H3,(H,33,38)(H,34,35)(H,36,39)/t19-,25+,26?/m1/s1. The van der Waals surface area contributed by atoms with E-state index in [1.807, 2.05) is 39.0 Å². The van der Waals surface area contributed by atoms with Crippen LogP contribution in [0.1, 0.15) is 66.8 Å². The summed E-state index contributed by atoms with van der Waals surface area (Å²) in [4.78, 5) is 40.9. The van der Waals surface area contributed by atoms with Crippen LogP contribution >= 0.6 is 11.6 Å². The summed E-state index contributed by atoms with van der Waals surface area (Å²) in [6.07, 6.45) is 1.35. The lowest BCUT2D eigenvalue weighted by Gasteiger charge is -2.38. The molecule has 1 saturated heterocycles. The van der Waals surface area contributed by atoms with Gasteiger partial charge >= 0.3 is 0 Å². The zero-order valence-corrected chi connectivity index (χ0v) is 24.0. The van der Waals surface area contributed by atoms with E-state index < -0.39 is 17.4 Å². The Morgan fingerprint density at radius 2 is 1.90 bits per heavy atom. The molecule has 1 aliphatic heterocycles. The van der Waals surface area contributed by atoms with Crippen molar-refractivity contribution in [1.29, 1.82) is 5.26 Å². The number of carbonyl (C=O) groups is 2. The second kappa shape index (κ2) is 11.5. The third kappa shape index (κ3) is 6.02. The average Bonchev–Trinajstić information content (AvgIpc) is 3.37. The van der Waals surface area contributed by atoms with Crippen LogP contribution in [0, 0.1) is 30.6 Å². The molecule has 3 aromatic rings. The number of hydrogen-bond donors (Lipinski definition) is 3. The number of nitrogens with one attached hydrogen (secondary N) is 3. The number of halogens is 1. The van der Waals surface area contributed by atoms with E-state index in [2.05, 4.69) is 26.9 Å². The first-order chi connectivity index (χ1) is 18.9. The van der Waals surface area contributed by atoms with E-state index in [-0.39, 0.29) is 23.6 Å². The molecule has 0 radical (unpaired) electrons. The maximum atomic E-state index is 13.9. The minimum absolute atomic E-state index is 0.254. The van der Waals surface area contributed by atoms with Crippen molar-refractivity contribution in [2.75, 3.05) is 5.32 Å². The van der Waals surface area contributed by atoms with Crippen LogP contribution in [0.5, 0.6) is 0 Å². The molecule has 1 unspecified atom stereocenters. The molecule has 1 aromatic heterocycles. The summed E-state index contributed by atoms with van der Waals surface area (Å²) < 4.78 is 0. The van der Waals surface area contributed by atoms with Crippen LogP contribution in [-0.2, 0) is 4.79 Å². The van der Waals surface area contributed by atoms with Crippen LogP contribution in [0.15, 0.2) is 53.3 Å². The largest absolute Gasteiger partial charge is 0.351 e. The van der Waals surface area contributed by atoms with Gasteiger partial charge in [-0.2, -0.15) is 10.4 Å². The average molecular weight is 561 g/mol. The molecule has 9 nitrogen and oxygen atoms in total. The minimum atomic E-state index is -0.833. The van der Waals surface area contributed by atoms with E-state index in [4.69, 9.17) is 11.6 Å². The van der Waals surface area contributed by atoms with E-state index in [0.717, 1.165) is 11.1 Å². The molecule has 0 aliphatic carbocycles. The van der Waals surface area contributed by atoms with Gasteiger partial charge in [0, 0.05) is 16.3 Å². The number of hydrogen-bond acceptors (Lipinski definition) is 6. The molecule has 0 saturated carbocycles. The van der Waals surface area contributed by atoms with Crippen molar-refractivity contribution >= 4 is 34.8 Å². The Morgan fingerprint density at radius 3 is 2.58 bits per heavy atom. The van der Waals surface area contributed by atoms with Gasteiger partial charge in [-0.15, -0.1) is 0 Å². The molecule has 0 bridgehead atoms. The van der Waals surface area contributed by atoms with Crippen molar-refractivity contribution in [2.45, 2.75) is 65.6 Å². The molecule has 3 N–H and O–H groups in total. The van der Waals surface area contributed by atoms with Crippen molar-refractivity contribution in [3.05, 3.63) is 86.3 Å². The highest BCUT2D eigenvalue weighted by molar-refractivity contribution is 6.30. The van der Waals surface area contributed by atoms with Gasteiger partial charge < -0.3 is 15.5 Å². The number of amides is 2. The van der Waals surface area contributed by atoms with Gasteiger partial charge in [0.1, 0.15) is 11.7 Å². The van der Waals surface area contributed by atoms with Crippen molar-refractivity contribution in [3.8, 4) is 6.07 Å². The summed E-state index contributed by atoms with van der Waals surface area (Å²) in [5.41, 5.74) is 2.57. The summed E-state index contributed by atoms with van der Waals surface area (Å²) in [7, 11) is 0. The van der Waals surface area contributed by atoms with E-state index in [0.29, 0.717) is 40.5 Å². The fourth-order valence-corrected chi connectivity index (χ4v) is 5.40. The molecule has 0 spiro atoms. The molecule has 4 rings (SSSR count). The Kier molecular flexibility index (Phi) is 8.31. The Balaban J connectivity index is 1.53. The Bertz CT molecular complexity index is 1540. The SMILES string of the molecule is Cc1cc(Nc2ccc(C(=O)N[C@H](C)C(=O)N3C(C(C)(C)C#N)CC[C@H]3c3cccc(Cl)c3)cc2C)c(=O)[nH]n1. The monoisotopic (exact) mass is 560 g/mol. The molecular weight excluding hydrogens is 528 g/mol. The molecule has 3 atom stereocenters.